The van der Waals surface area contributed by atoms with Gasteiger partial charge in [0.1, 0.15) is 6.17 Å². The van der Waals surface area contributed by atoms with Crippen molar-refractivity contribution in [2.24, 2.45) is 0 Å². The summed E-state index contributed by atoms with van der Waals surface area (Å²) in [6, 6.07) is 0. The molecule has 3 heteroatoms. The fourth-order valence-corrected chi connectivity index (χ4v) is 1.19. The standard InChI is InChI=1S/C13H29FN2/c1-12(2,3)15-10-11(14)8-9-16(7)13(4,5)6/h11,15H,8-10H2,1-7H3. The van der Waals surface area contributed by atoms with Crippen LogP contribution in [0, 0.1) is 0 Å². The van der Waals surface area contributed by atoms with Gasteiger partial charge in [0.15, 0.2) is 0 Å². The molecule has 1 N–H and O–H groups in total. The summed E-state index contributed by atoms with van der Waals surface area (Å²) in [6.07, 6.45) is -0.166. The Labute approximate surface area is 101 Å². The Kier molecular flexibility index (Phi) is 5.91. The van der Waals surface area contributed by atoms with E-state index in [1.54, 1.807) is 0 Å². The minimum atomic E-state index is -0.760. The molecule has 0 rings (SSSR count). The number of nitrogens with zero attached hydrogens (tertiary/aromatic N) is 1. The Bertz CT molecular complexity index is 191. The summed E-state index contributed by atoms with van der Waals surface area (Å²) in [7, 11) is 2.05. The molecule has 0 fully saturated rings. The van der Waals surface area contributed by atoms with Gasteiger partial charge in [0.25, 0.3) is 0 Å². The minimum Gasteiger partial charge on any atom is -0.309 e. The molecule has 0 aromatic rings. The summed E-state index contributed by atoms with van der Waals surface area (Å²) in [6.45, 7) is 13.9. The Morgan fingerprint density at radius 3 is 2.00 bits per heavy atom. The van der Waals surface area contributed by atoms with Crippen molar-refractivity contribution in [3.05, 3.63) is 0 Å². The largest absolute Gasteiger partial charge is 0.309 e. The molecule has 98 valence electrons. The minimum absolute atomic E-state index is 0.000267. The van der Waals surface area contributed by atoms with E-state index >= 15 is 0 Å². The van der Waals surface area contributed by atoms with Gasteiger partial charge in [-0.25, -0.2) is 4.39 Å². The van der Waals surface area contributed by atoms with Gasteiger partial charge in [-0.3, -0.25) is 0 Å². The van der Waals surface area contributed by atoms with Crippen molar-refractivity contribution in [2.75, 3.05) is 20.1 Å². The van der Waals surface area contributed by atoms with Crippen molar-refractivity contribution in [3.8, 4) is 0 Å². The zero-order chi connectivity index (χ0) is 13.0. The van der Waals surface area contributed by atoms with E-state index in [0.717, 1.165) is 6.54 Å². The summed E-state index contributed by atoms with van der Waals surface area (Å²) in [5.74, 6) is 0. The van der Waals surface area contributed by atoms with E-state index in [1.165, 1.54) is 0 Å². The van der Waals surface area contributed by atoms with Crippen molar-refractivity contribution in [1.82, 2.24) is 10.2 Å². The second-order valence-corrected chi connectivity index (χ2v) is 6.61. The summed E-state index contributed by atoms with van der Waals surface area (Å²) in [4.78, 5) is 2.19. The van der Waals surface area contributed by atoms with Gasteiger partial charge >= 0.3 is 0 Å². The molecule has 0 amide bonds. The number of alkyl halides is 1. The van der Waals surface area contributed by atoms with E-state index in [1.807, 2.05) is 7.05 Å². The molecule has 0 aliphatic heterocycles. The lowest BCUT2D eigenvalue weighted by Crippen LogP contribution is -2.42. The van der Waals surface area contributed by atoms with Crippen LogP contribution in [0.15, 0.2) is 0 Å². The first-order chi connectivity index (χ1) is 7.02. The highest BCUT2D eigenvalue weighted by atomic mass is 19.1. The van der Waals surface area contributed by atoms with E-state index in [0.29, 0.717) is 13.0 Å². The molecule has 2 nitrogen and oxygen atoms in total. The van der Waals surface area contributed by atoms with Crippen LogP contribution < -0.4 is 5.32 Å². The van der Waals surface area contributed by atoms with E-state index in [2.05, 4.69) is 51.8 Å². The van der Waals surface area contributed by atoms with E-state index in [-0.39, 0.29) is 11.1 Å². The topological polar surface area (TPSA) is 15.3 Å². The van der Waals surface area contributed by atoms with Crippen LogP contribution >= 0.6 is 0 Å². The molecule has 0 spiro atoms. The summed E-state index contributed by atoms with van der Waals surface area (Å²) in [5.41, 5.74) is 0.122. The predicted molar refractivity (Wildman–Crippen MR) is 69.7 cm³/mol. The van der Waals surface area contributed by atoms with Crippen LogP contribution in [0.1, 0.15) is 48.0 Å². The van der Waals surface area contributed by atoms with Gasteiger partial charge in [-0.15, -0.1) is 0 Å². The van der Waals surface area contributed by atoms with Crippen LogP contribution in [0.3, 0.4) is 0 Å². The van der Waals surface area contributed by atoms with Crippen molar-refractivity contribution in [1.29, 1.82) is 0 Å². The Morgan fingerprint density at radius 1 is 1.12 bits per heavy atom. The van der Waals surface area contributed by atoms with Crippen LogP contribution in [-0.4, -0.2) is 42.3 Å². The lowest BCUT2D eigenvalue weighted by atomic mass is 10.1. The van der Waals surface area contributed by atoms with E-state index in [9.17, 15) is 4.39 Å². The number of nitrogens with one attached hydrogen (secondary N) is 1. The normalized spacial score (nSPS) is 15.6. The van der Waals surface area contributed by atoms with Crippen molar-refractivity contribution in [2.45, 2.75) is 65.2 Å². The smallest absolute Gasteiger partial charge is 0.114 e. The van der Waals surface area contributed by atoms with Crippen molar-refractivity contribution >= 4 is 0 Å². The third-order valence-corrected chi connectivity index (χ3v) is 2.78. The van der Waals surface area contributed by atoms with E-state index < -0.39 is 6.17 Å². The first-order valence-electron chi connectivity index (χ1n) is 6.13. The van der Waals surface area contributed by atoms with Gasteiger partial charge in [0.05, 0.1) is 0 Å². The maximum atomic E-state index is 13.6. The maximum absolute atomic E-state index is 13.6. The number of halogens is 1. The number of rotatable bonds is 5. The quantitative estimate of drug-likeness (QED) is 0.784. The first-order valence-corrected chi connectivity index (χ1v) is 6.13. The Hall–Kier alpha value is -0.150. The third-order valence-electron chi connectivity index (χ3n) is 2.78. The molecule has 0 saturated carbocycles. The molecule has 0 heterocycles. The second-order valence-electron chi connectivity index (χ2n) is 6.61. The highest BCUT2D eigenvalue weighted by Gasteiger charge is 2.19. The van der Waals surface area contributed by atoms with E-state index in [4.69, 9.17) is 0 Å². The fourth-order valence-electron chi connectivity index (χ4n) is 1.19. The number of hydrogen-bond acceptors (Lipinski definition) is 2. The summed E-state index contributed by atoms with van der Waals surface area (Å²) >= 11 is 0. The van der Waals surface area contributed by atoms with Gasteiger partial charge in [0.2, 0.25) is 0 Å². The maximum Gasteiger partial charge on any atom is 0.114 e. The molecule has 16 heavy (non-hydrogen) atoms. The number of hydrogen-bond donors (Lipinski definition) is 1. The molecular weight excluding hydrogens is 203 g/mol. The van der Waals surface area contributed by atoms with Gasteiger partial charge in [-0.05, 0) is 55.0 Å². The monoisotopic (exact) mass is 232 g/mol. The lowest BCUT2D eigenvalue weighted by Gasteiger charge is -2.32. The highest BCUT2D eigenvalue weighted by Crippen LogP contribution is 2.12. The van der Waals surface area contributed by atoms with Gasteiger partial charge < -0.3 is 10.2 Å². The van der Waals surface area contributed by atoms with Crippen LogP contribution in [0.25, 0.3) is 0 Å². The second kappa shape index (κ2) is 5.97. The zero-order valence-corrected chi connectivity index (χ0v) is 12.0. The third kappa shape index (κ3) is 8.05. The van der Waals surface area contributed by atoms with Crippen LogP contribution in [-0.2, 0) is 0 Å². The van der Waals surface area contributed by atoms with Gasteiger partial charge in [-0.2, -0.15) is 0 Å². The van der Waals surface area contributed by atoms with Gasteiger partial charge in [0, 0.05) is 24.2 Å². The SMILES string of the molecule is CN(CCC(F)CNC(C)(C)C)C(C)(C)C. The predicted octanol–water partition coefficient (Wildman–Crippen LogP) is 2.83. The van der Waals surface area contributed by atoms with Crippen LogP contribution in [0.5, 0.6) is 0 Å². The molecule has 1 atom stereocenters. The zero-order valence-electron chi connectivity index (χ0n) is 12.0. The van der Waals surface area contributed by atoms with Crippen molar-refractivity contribution < 1.29 is 4.39 Å². The summed E-state index contributed by atoms with van der Waals surface area (Å²) in [5, 5.41) is 3.19. The summed E-state index contributed by atoms with van der Waals surface area (Å²) < 4.78 is 13.6. The van der Waals surface area contributed by atoms with Crippen LogP contribution in [0.4, 0.5) is 4.39 Å². The molecular formula is C13H29FN2. The molecule has 0 aromatic heterocycles. The Morgan fingerprint density at radius 2 is 1.62 bits per heavy atom. The Balaban J connectivity index is 3.78. The molecule has 1 unspecified atom stereocenters. The average molecular weight is 232 g/mol. The molecule has 0 aliphatic carbocycles. The van der Waals surface area contributed by atoms with Crippen molar-refractivity contribution in [3.63, 3.8) is 0 Å². The fraction of sp³-hybridized carbons (Fsp3) is 1.00. The van der Waals surface area contributed by atoms with Gasteiger partial charge in [-0.1, -0.05) is 0 Å². The molecule has 0 aliphatic rings. The molecule has 0 saturated heterocycles. The molecule has 0 radical (unpaired) electrons. The first kappa shape index (κ1) is 15.9. The average Bonchev–Trinajstić information content (AvgIpc) is 2.08. The molecule has 0 aromatic carbocycles. The highest BCUT2D eigenvalue weighted by molar-refractivity contribution is 4.76. The molecule has 0 bridgehead atoms. The lowest BCUT2D eigenvalue weighted by molar-refractivity contribution is 0.151. The van der Waals surface area contributed by atoms with Crippen LogP contribution in [0.2, 0.25) is 0 Å².